The number of fused-ring (bicyclic) bond motifs is 1. The lowest BCUT2D eigenvalue weighted by Gasteiger charge is -2.34. The summed E-state index contributed by atoms with van der Waals surface area (Å²) in [7, 11) is 0. The van der Waals surface area contributed by atoms with Crippen molar-refractivity contribution in [2.45, 2.75) is 77.6 Å². The number of allylic oxidation sites excluding steroid dienone is 4. The number of aromatic nitrogens is 2. The van der Waals surface area contributed by atoms with Crippen LogP contribution >= 0.6 is 11.6 Å². The van der Waals surface area contributed by atoms with Crippen LogP contribution in [-0.2, 0) is 11.3 Å². The smallest absolute Gasteiger partial charge is 0.275 e. The number of hydrogen-bond acceptors (Lipinski definition) is 4. The molecule has 3 heterocycles. The molecule has 8 heteroatoms. The lowest BCUT2D eigenvalue weighted by Crippen LogP contribution is -2.41. The predicted molar refractivity (Wildman–Crippen MR) is 136 cm³/mol. The monoisotopic (exact) mass is 486 g/mol. The molecule has 2 aromatic rings. The molecule has 2 aliphatic rings. The van der Waals surface area contributed by atoms with Crippen molar-refractivity contribution in [2.75, 3.05) is 13.1 Å². The van der Waals surface area contributed by atoms with Crippen LogP contribution in [0.2, 0.25) is 0 Å². The summed E-state index contributed by atoms with van der Waals surface area (Å²) in [5, 5.41) is 3.52. The Labute approximate surface area is 206 Å². The first kappa shape index (κ1) is 24.6. The lowest BCUT2D eigenvalue weighted by atomic mass is 9.97. The Morgan fingerprint density at radius 1 is 1.21 bits per heavy atom. The maximum absolute atomic E-state index is 13.5. The average Bonchev–Trinajstić information content (AvgIpc) is 3.18. The molecule has 1 atom stereocenters. The molecular weight excluding hydrogens is 452 g/mol. The highest BCUT2D eigenvalue weighted by molar-refractivity contribution is 6.31. The van der Waals surface area contributed by atoms with Gasteiger partial charge in [0.2, 0.25) is 5.91 Å². The number of amides is 1. The van der Waals surface area contributed by atoms with Gasteiger partial charge in [-0.05, 0) is 53.0 Å². The van der Waals surface area contributed by atoms with Crippen LogP contribution in [0.1, 0.15) is 58.6 Å². The van der Waals surface area contributed by atoms with Crippen molar-refractivity contribution in [1.82, 2.24) is 19.2 Å². The van der Waals surface area contributed by atoms with Crippen LogP contribution in [0.5, 0.6) is 5.75 Å². The van der Waals surface area contributed by atoms with Crippen molar-refractivity contribution in [3.8, 4) is 5.75 Å². The van der Waals surface area contributed by atoms with E-state index < -0.39 is 0 Å². The van der Waals surface area contributed by atoms with Crippen LogP contribution in [0.25, 0.3) is 5.52 Å². The fraction of sp³-hybridized carbons (Fsp3) is 0.538. The summed E-state index contributed by atoms with van der Waals surface area (Å²) < 4.78 is 9.68. The summed E-state index contributed by atoms with van der Waals surface area (Å²) in [5.74, 6) is 0.408. The quantitative estimate of drug-likeness (QED) is 0.641. The number of likely N-dealkylation sites (tertiary alicyclic amines) is 1. The van der Waals surface area contributed by atoms with Gasteiger partial charge < -0.3 is 19.4 Å². The Morgan fingerprint density at radius 2 is 1.94 bits per heavy atom. The van der Waals surface area contributed by atoms with Crippen LogP contribution in [0.4, 0.5) is 0 Å². The number of carbonyl (C=O) groups excluding carboxylic acids is 1. The minimum Gasteiger partial charge on any atom is -0.489 e. The highest BCUT2D eigenvalue weighted by atomic mass is 35.5. The van der Waals surface area contributed by atoms with Gasteiger partial charge in [-0.25, -0.2) is 0 Å². The number of halogens is 1. The Balaban J connectivity index is 1.64. The second-order valence-corrected chi connectivity index (χ2v) is 10.3. The molecule has 4 rings (SSSR count). The summed E-state index contributed by atoms with van der Waals surface area (Å²) in [6.07, 6.45) is 12.4. The van der Waals surface area contributed by atoms with E-state index in [1.165, 1.54) is 0 Å². The first-order chi connectivity index (χ1) is 16.2. The van der Waals surface area contributed by atoms with Crippen LogP contribution in [-0.4, -0.2) is 51.1 Å². The highest BCUT2D eigenvalue weighted by Gasteiger charge is 2.24. The maximum atomic E-state index is 13.5. The maximum Gasteiger partial charge on any atom is 0.275 e. The molecule has 1 N–H and O–H groups in total. The molecule has 1 fully saturated rings. The standard InChI is InChI=1S/C26H35ClN4O3/c1-17(2)28-25(32)16-31-24(19-6-5-7-20(27)12-19)15-30-14-22(13-23(30)26(31)33)34-21-8-10-29(11-9-21)18(3)4/h5,7,12-15,17-19,21H,6,8-11,16H2,1-4H3,(H,28,32). The topological polar surface area (TPSA) is 68.0 Å². The normalized spacial score (nSPS) is 19.7. The SMILES string of the molecule is CC(C)NC(=O)Cn1c(C2C=C(Cl)C=CC2)cn2cc(OC3CCN(C(C)C)CC3)cc2c1=O. The number of ether oxygens (including phenoxy) is 1. The molecule has 2 aromatic heterocycles. The lowest BCUT2D eigenvalue weighted by molar-refractivity contribution is -0.122. The van der Waals surface area contributed by atoms with E-state index in [-0.39, 0.29) is 36.1 Å². The van der Waals surface area contributed by atoms with Gasteiger partial charge in [-0.1, -0.05) is 23.8 Å². The predicted octanol–water partition coefficient (Wildman–Crippen LogP) is 4.04. The molecule has 34 heavy (non-hydrogen) atoms. The minimum atomic E-state index is -0.208. The molecule has 184 valence electrons. The molecule has 1 aliphatic heterocycles. The molecule has 7 nitrogen and oxygen atoms in total. The van der Waals surface area contributed by atoms with Crippen LogP contribution < -0.4 is 15.6 Å². The van der Waals surface area contributed by atoms with E-state index in [0.717, 1.165) is 31.6 Å². The second-order valence-electron chi connectivity index (χ2n) is 9.88. The average molecular weight is 487 g/mol. The first-order valence-corrected chi connectivity index (χ1v) is 12.6. The largest absolute Gasteiger partial charge is 0.489 e. The number of rotatable bonds is 7. The number of carbonyl (C=O) groups is 1. The zero-order valence-electron chi connectivity index (χ0n) is 20.5. The van der Waals surface area contributed by atoms with E-state index in [1.54, 1.807) is 10.6 Å². The molecule has 0 radical (unpaired) electrons. The van der Waals surface area contributed by atoms with Crippen LogP contribution in [0, 0.1) is 0 Å². The van der Waals surface area contributed by atoms with E-state index >= 15 is 0 Å². The molecule has 0 bridgehead atoms. The number of piperidine rings is 1. The van der Waals surface area contributed by atoms with Crippen molar-refractivity contribution >= 4 is 23.0 Å². The molecule has 0 spiro atoms. The van der Waals surface area contributed by atoms with Gasteiger partial charge in [0.25, 0.3) is 5.56 Å². The zero-order chi connectivity index (χ0) is 24.4. The molecule has 1 saturated heterocycles. The number of hydrogen-bond donors (Lipinski definition) is 1. The summed E-state index contributed by atoms with van der Waals surface area (Å²) >= 11 is 6.27. The van der Waals surface area contributed by atoms with E-state index in [4.69, 9.17) is 16.3 Å². The van der Waals surface area contributed by atoms with Gasteiger partial charge in [0, 0.05) is 54.1 Å². The Bertz CT molecular complexity index is 1150. The molecule has 1 amide bonds. The fourth-order valence-electron chi connectivity index (χ4n) is 4.79. The molecule has 0 saturated carbocycles. The summed E-state index contributed by atoms with van der Waals surface area (Å²) in [5.41, 5.74) is 1.04. The van der Waals surface area contributed by atoms with Crippen LogP contribution in [0.3, 0.4) is 0 Å². The summed E-state index contributed by atoms with van der Waals surface area (Å²) in [4.78, 5) is 28.6. The van der Waals surface area contributed by atoms with Crippen molar-refractivity contribution in [1.29, 1.82) is 0 Å². The van der Waals surface area contributed by atoms with Crippen molar-refractivity contribution in [3.63, 3.8) is 0 Å². The van der Waals surface area contributed by atoms with E-state index in [9.17, 15) is 9.59 Å². The van der Waals surface area contributed by atoms with Crippen molar-refractivity contribution in [2.24, 2.45) is 0 Å². The summed E-state index contributed by atoms with van der Waals surface area (Å²) in [6, 6.07) is 2.33. The highest BCUT2D eigenvalue weighted by Crippen LogP contribution is 2.29. The Hall–Kier alpha value is -2.51. The summed E-state index contributed by atoms with van der Waals surface area (Å²) in [6.45, 7) is 10.2. The molecular formula is C26H35ClN4O3. The van der Waals surface area contributed by atoms with Gasteiger partial charge in [-0.15, -0.1) is 0 Å². The van der Waals surface area contributed by atoms with Gasteiger partial charge in [-0.2, -0.15) is 0 Å². The second kappa shape index (κ2) is 10.4. The van der Waals surface area contributed by atoms with Gasteiger partial charge in [0.05, 0.1) is 6.20 Å². The van der Waals surface area contributed by atoms with Crippen LogP contribution in [0.15, 0.2) is 46.5 Å². The molecule has 1 aliphatic carbocycles. The number of nitrogens with one attached hydrogen (secondary N) is 1. The van der Waals surface area contributed by atoms with Gasteiger partial charge >= 0.3 is 0 Å². The van der Waals surface area contributed by atoms with Gasteiger partial charge in [-0.3, -0.25) is 14.2 Å². The fourth-order valence-corrected chi connectivity index (χ4v) is 5.03. The van der Waals surface area contributed by atoms with Gasteiger partial charge in [0.15, 0.2) is 0 Å². The molecule has 1 unspecified atom stereocenters. The van der Waals surface area contributed by atoms with E-state index in [1.807, 2.05) is 48.9 Å². The van der Waals surface area contributed by atoms with E-state index in [2.05, 4.69) is 24.1 Å². The van der Waals surface area contributed by atoms with Crippen molar-refractivity contribution in [3.05, 3.63) is 57.8 Å². The Morgan fingerprint density at radius 3 is 2.59 bits per heavy atom. The third-order valence-corrected chi connectivity index (χ3v) is 6.79. The van der Waals surface area contributed by atoms with Gasteiger partial charge in [0.1, 0.15) is 23.9 Å². The minimum absolute atomic E-state index is 0.00208. The zero-order valence-corrected chi connectivity index (χ0v) is 21.2. The Kier molecular flexibility index (Phi) is 7.53. The van der Waals surface area contributed by atoms with Crippen molar-refractivity contribution < 1.29 is 9.53 Å². The first-order valence-electron chi connectivity index (χ1n) is 12.2. The third kappa shape index (κ3) is 5.58. The van der Waals surface area contributed by atoms with E-state index in [0.29, 0.717) is 28.8 Å². The molecule has 0 aromatic carbocycles. The number of nitrogens with zero attached hydrogens (tertiary/aromatic N) is 3. The third-order valence-electron chi connectivity index (χ3n) is 6.54.